The number of ether oxygens (including phenoxy) is 2. The smallest absolute Gasteiger partial charge is 0.261 e. The van der Waals surface area contributed by atoms with Crippen LogP contribution in [0.1, 0.15) is 13.8 Å². The van der Waals surface area contributed by atoms with E-state index in [9.17, 15) is 9.59 Å². The number of hydrogen-bond donors (Lipinski definition) is 2. The van der Waals surface area contributed by atoms with E-state index in [1.165, 1.54) is 12.1 Å². The molecule has 0 aromatic heterocycles. The first kappa shape index (κ1) is 21.9. The molecule has 0 aliphatic carbocycles. The van der Waals surface area contributed by atoms with E-state index < -0.39 is 12.2 Å². The van der Waals surface area contributed by atoms with Crippen molar-refractivity contribution >= 4 is 35.0 Å². The van der Waals surface area contributed by atoms with Crippen LogP contribution in [0.25, 0.3) is 0 Å². The van der Waals surface area contributed by atoms with Gasteiger partial charge in [-0.25, -0.2) is 0 Å². The highest BCUT2D eigenvalue weighted by Crippen LogP contribution is 2.36. The summed E-state index contributed by atoms with van der Waals surface area (Å²) in [6.45, 7) is 10.9. The van der Waals surface area contributed by atoms with Crippen LogP contribution in [0.4, 0.5) is 0 Å². The molecule has 0 radical (unpaired) electrons. The van der Waals surface area contributed by atoms with E-state index in [1.807, 2.05) is 0 Å². The maximum Gasteiger partial charge on any atom is 0.261 e. The number of carbonyl (C=O) groups is 2. The predicted molar refractivity (Wildman–Crippen MR) is 103 cm³/mol. The van der Waals surface area contributed by atoms with Gasteiger partial charge >= 0.3 is 0 Å². The first-order valence-electron chi connectivity index (χ1n) is 7.89. The zero-order valence-corrected chi connectivity index (χ0v) is 16.2. The van der Waals surface area contributed by atoms with Gasteiger partial charge < -0.3 is 20.1 Å². The zero-order chi connectivity index (χ0) is 19.7. The second-order valence-electron chi connectivity index (χ2n) is 5.30. The van der Waals surface area contributed by atoms with Crippen LogP contribution >= 0.6 is 23.2 Å². The van der Waals surface area contributed by atoms with Crippen molar-refractivity contribution < 1.29 is 19.1 Å². The highest BCUT2D eigenvalue weighted by Gasteiger charge is 2.20. The Morgan fingerprint density at radius 3 is 1.69 bits per heavy atom. The van der Waals surface area contributed by atoms with E-state index in [1.54, 1.807) is 26.0 Å². The van der Waals surface area contributed by atoms with Gasteiger partial charge in [0.15, 0.2) is 12.2 Å². The lowest BCUT2D eigenvalue weighted by atomic mass is 10.3. The number of benzene rings is 1. The molecule has 0 fully saturated rings. The van der Waals surface area contributed by atoms with Gasteiger partial charge in [-0.1, -0.05) is 35.4 Å². The van der Waals surface area contributed by atoms with E-state index in [-0.39, 0.29) is 33.4 Å². The molecule has 2 atom stereocenters. The van der Waals surface area contributed by atoms with Crippen LogP contribution in [0.5, 0.6) is 11.5 Å². The summed E-state index contributed by atoms with van der Waals surface area (Å²) in [4.78, 5) is 23.8. The first-order valence-corrected chi connectivity index (χ1v) is 8.65. The summed E-state index contributed by atoms with van der Waals surface area (Å²) >= 11 is 12.2. The maximum absolute atomic E-state index is 11.9. The average Bonchev–Trinajstić information content (AvgIpc) is 2.61. The van der Waals surface area contributed by atoms with Gasteiger partial charge in [-0.3, -0.25) is 9.59 Å². The molecule has 6 nitrogen and oxygen atoms in total. The summed E-state index contributed by atoms with van der Waals surface area (Å²) in [7, 11) is 0. The van der Waals surface area contributed by atoms with Crippen LogP contribution in [0.2, 0.25) is 10.0 Å². The number of amides is 2. The molecule has 0 heterocycles. The topological polar surface area (TPSA) is 76.7 Å². The third-order valence-electron chi connectivity index (χ3n) is 3.17. The molecule has 0 bridgehead atoms. The molecule has 2 amide bonds. The Morgan fingerprint density at radius 2 is 1.35 bits per heavy atom. The van der Waals surface area contributed by atoms with Crippen LogP contribution in [0.3, 0.4) is 0 Å². The number of hydrogen-bond acceptors (Lipinski definition) is 4. The molecule has 0 saturated carbocycles. The molecule has 0 unspecified atom stereocenters. The summed E-state index contributed by atoms with van der Waals surface area (Å²) in [5.74, 6) is -0.219. The van der Waals surface area contributed by atoms with Crippen molar-refractivity contribution in [1.82, 2.24) is 10.6 Å². The molecule has 8 heteroatoms. The predicted octanol–water partition coefficient (Wildman–Crippen LogP) is 3.13. The monoisotopic (exact) mass is 400 g/mol. The Morgan fingerprint density at radius 1 is 0.962 bits per heavy atom. The summed E-state index contributed by atoms with van der Waals surface area (Å²) in [5.41, 5.74) is 0. The fourth-order valence-electron chi connectivity index (χ4n) is 1.81. The minimum absolute atomic E-state index is 0.214. The van der Waals surface area contributed by atoms with E-state index in [2.05, 4.69) is 23.8 Å². The van der Waals surface area contributed by atoms with Gasteiger partial charge in [-0.2, -0.15) is 0 Å². The molecule has 0 spiro atoms. The summed E-state index contributed by atoms with van der Waals surface area (Å²) in [5, 5.41) is 5.68. The first-order chi connectivity index (χ1) is 12.3. The minimum Gasteiger partial charge on any atom is -0.479 e. The van der Waals surface area contributed by atoms with Gasteiger partial charge in [0.2, 0.25) is 0 Å². The summed E-state index contributed by atoms with van der Waals surface area (Å²) < 4.78 is 11.2. The van der Waals surface area contributed by atoms with Gasteiger partial charge in [0, 0.05) is 19.2 Å². The largest absolute Gasteiger partial charge is 0.479 e. The standard InChI is InChI=1S/C18H22Cl2N2O4/c1-5-7-21-17(23)11(3)25-15-10-16(14(20)9-13(15)19)26-12(4)18(24)22-8-6-2/h5-6,9-12H,1-2,7-8H2,3-4H3,(H,21,23)(H,22,24)/t11-,12+. The second-order valence-corrected chi connectivity index (χ2v) is 6.12. The third-order valence-corrected chi connectivity index (χ3v) is 3.76. The Labute approximate surface area is 163 Å². The van der Waals surface area contributed by atoms with Crippen LogP contribution in [0, 0.1) is 0 Å². The second kappa shape index (κ2) is 10.7. The SMILES string of the molecule is C=CCNC(=O)[C@H](C)Oc1cc(O[C@H](C)C(=O)NCC=C)c(Cl)cc1Cl. The molecule has 0 aliphatic rings. The zero-order valence-electron chi connectivity index (χ0n) is 14.7. The molecule has 0 aliphatic heterocycles. The quantitative estimate of drug-likeness (QED) is 0.591. The van der Waals surface area contributed by atoms with Gasteiger partial charge in [0.05, 0.1) is 10.0 Å². The lowest BCUT2D eigenvalue weighted by Gasteiger charge is -2.19. The van der Waals surface area contributed by atoms with Crippen molar-refractivity contribution in [2.75, 3.05) is 13.1 Å². The van der Waals surface area contributed by atoms with E-state index in [4.69, 9.17) is 32.7 Å². The Bertz CT molecular complexity index is 626. The minimum atomic E-state index is -0.796. The maximum atomic E-state index is 11.9. The highest BCUT2D eigenvalue weighted by molar-refractivity contribution is 6.36. The van der Waals surface area contributed by atoms with Crippen molar-refractivity contribution in [2.45, 2.75) is 26.1 Å². The Hall–Kier alpha value is -2.18. The number of nitrogens with one attached hydrogen (secondary N) is 2. The average molecular weight is 401 g/mol. The van der Waals surface area contributed by atoms with Crippen LogP contribution in [-0.4, -0.2) is 37.1 Å². The Balaban J connectivity index is 2.88. The fourth-order valence-corrected chi connectivity index (χ4v) is 2.28. The van der Waals surface area contributed by atoms with E-state index in [0.29, 0.717) is 13.1 Å². The molecule has 1 aromatic rings. The van der Waals surface area contributed by atoms with Gasteiger partial charge in [-0.15, -0.1) is 13.2 Å². The normalized spacial score (nSPS) is 12.5. The lowest BCUT2D eigenvalue weighted by molar-refractivity contribution is -0.127. The molecule has 142 valence electrons. The van der Waals surface area contributed by atoms with E-state index >= 15 is 0 Å². The van der Waals surface area contributed by atoms with Gasteiger partial charge in [0.1, 0.15) is 11.5 Å². The number of halogens is 2. The van der Waals surface area contributed by atoms with Gasteiger partial charge in [-0.05, 0) is 19.9 Å². The fraction of sp³-hybridized carbons (Fsp3) is 0.333. The third kappa shape index (κ3) is 6.61. The van der Waals surface area contributed by atoms with E-state index in [0.717, 1.165) is 0 Å². The van der Waals surface area contributed by atoms with Crippen molar-refractivity contribution in [2.24, 2.45) is 0 Å². The van der Waals surface area contributed by atoms with Crippen molar-refractivity contribution in [3.63, 3.8) is 0 Å². The Kier molecular flexibility index (Phi) is 9.02. The highest BCUT2D eigenvalue weighted by atomic mass is 35.5. The van der Waals surface area contributed by atoms with Crippen LogP contribution in [0.15, 0.2) is 37.4 Å². The summed E-state index contributed by atoms with van der Waals surface area (Å²) in [6.07, 6.45) is 1.53. The molecular formula is C18H22Cl2N2O4. The number of rotatable bonds is 10. The molecule has 26 heavy (non-hydrogen) atoms. The number of carbonyl (C=O) groups excluding carboxylic acids is 2. The molecule has 0 saturated heterocycles. The van der Waals surface area contributed by atoms with Crippen LogP contribution in [-0.2, 0) is 9.59 Å². The van der Waals surface area contributed by atoms with Crippen molar-refractivity contribution in [1.29, 1.82) is 0 Å². The molecule has 2 N–H and O–H groups in total. The lowest BCUT2D eigenvalue weighted by Crippen LogP contribution is -2.36. The summed E-state index contributed by atoms with van der Waals surface area (Å²) in [6, 6.07) is 2.87. The van der Waals surface area contributed by atoms with Crippen molar-refractivity contribution in [3.8, 4) is 11.5 Å². The molecular weight excluding hydrogens is 379 g/mol. The van der Waals surface area contributed by atoms with Crippen LogP contribution < -0.4 is 20.1 Å². The van der Waals surface area contributed by atoms with Crippen molar-refractivity contribution in [3.05, 3.63) is 47.5 Å². The molecule has 1 aromatic carbocycles. The van der Waals surface area contributed by atoms with Gasteiger partial charge in [0.25, 0.3) is 11.8 Å². The molecule has 1 rings (SSSR count).